The van der Waals surface area contributed by atoms with Gasteiger partial charge in [0.05, 0.1) is 6.10 Å². The van der Waals surface area contributed by atoms with Crippen LogP contribution in [0.15, 0.2) is 33.9 Å². The van der Waals surface area contributed by atoms with Crippen molar-refractivity contribution in [1.29, 1.82) is 5.26 Å². The quantitative estimate of drug-likeness (QED) is 0.841. The standard InChI is InChI=1S/C15H15FN4O3/c1-19-13(10(7-17)14(22)20(2)15(19)23)18-8-12(21)9-5-3-4-6-11(9)16/h3-6,12,18,21H,8H2,1-2H3/t12-/m0/s1. The second-order valence-electron chi connectivity index (χ2n) is 4.96. The van der Waals surface area contributed by atoms with E-state index in [1.54, 1.807) is 12.1 Å². The van der Waals surface area contributed by atoms with Crippen LogP contribution in [-0.4, -0.2) is 20.8 Å². The molecule has 0 aliphatic carbocycles. The van der Waals surface area contributed by atoms with E-state index in [9.17, 15) is 19.1 Å². The molecule has 0 saturated carbocycles. The van der Waals surface area contributed by atoms with Crippen molar-refractivity contribution in [2.45, 2.75) is 6.10 Å². The van der Waals surface area contributed by atoms with E-state index >= 15 is 0 Å². The van der Waals surface area contributed by atoms with Crippen LogP contribution in [0.25, 0.3) is 0 Å². The van der Waals surface area contributed by atoms with Crippen molar-refractivity contribution in [2.24, 2.45) is 14.1 Å². The van der Waals surface area contributed by atoms with Gasteiger partial charge in [0.1, 0.15) is 17.7 Å². The molecular weight excluding hydrogens is 303 g/mol. The third kappa shape index (κ3) is 3.00. The number of rotatable bonds is 4. The van der Waals surface area contributed by atoms with Crippen LogP contribution in [0.4, 0.5) is 10.2 Å². The normalized spacial score (nSPS) is 11.8. The molecule has 0 radical (unpaired) electrons. The lowest BCUT2D eigenvalue weighted by molar-refractivity contribution is 0.186. The van der Waals surface area contributed by atoms with E-state index < -0.39 is 23.2 Å². The lowest BCUT2D eigenvalue weighted by Crippen LogP contribution is -2.40. The van der Waals surface area contributed by atoms with E-state index in [1.807, 2.05) is 0 Å². The van der Waals surface area contributed by atoms with Crippen molar-refractivity contribution >= 4 is 5.82 Å². The highest BCUT2D eigenvalue weighted by molar-refractivity contribution is 5.51. The fourth-order valence-corrected chi connectivity index (χ4v) is 2.20. The Morgan fingerprint density at radius 3 is 2.57 bits per heavy atom. The van der Waals surface area contributed by atoms with Crippen LogP contribution in [0.2, 0.25) is 0 Å². The first-order chi connectivity index (χ1) is 10.9. The zero-order valence-electron chi connectivity index (χ0n) is 12.6. The molecule has 0 aliphatic heterocycles. The molecule has 7 nitrogen and oxygen atoms in total. The molecule has 1 heterocycles. The summed E-state index contributed by atoms with van der Waals surface area (Å²) in [5.41, 5.74) is -1.53. The Morgan fingerprint density at radius 1 is 1.30 bits per heavy atom. The number of hydrogen-bond acceptors (Lipinski definition) is 5. The molecule has 0 fully saturated rings. The van der Waals surface area contributed by atoms with Crippen molar-refractivity contribution in [3.63, 3.8) is 0 Å². The number of aromatic nitrogens is 2. The Bertz CT molecular complexity index is 895. The molecule has 1 atom stereocenters. The van der Waals surface area contributed by atoms with E-state index in [1.165, 1.54) is 32.3 Å². The maximum absolute atomic E-state index is 13.6. The zero-order valence-corrected chi connectivity index (χ0v) is 12.6. The minimum atomic E-state index is -1.21. The SMILES string of the molecule is Cn1c(NC[C@H](O)c2ccccc2F)c(C#N)c(=O)n(C)c1=O. The summed E-state index contributed by atoms with van der Waals surface area (Å²) < 4.78 is 15.5. The molecular formula is C15H15FN4O3. The van der Waals surface area contributed by atoms with Gasteiger partial charge in [0.15, 0.2) is 5.56 Å². The Kier molecular flexibility index (Phi) is 4.62. The van der Waals surface area contributed by atoms with E-state index in [4.69, 9.17) is 5.26 Å². The maximum Gasteiger partial charge on any atom is 0.332 e. The summed E-state index contributed by atoms with van der Waals surface area (Å²) in [6.07, 6.45) is -1.21. The van der Waals surface area contributed by atoms with Gasteiger partial charge in [-0.05, 0) is 6.07 Å². The molecule has 1 aromatic carbocycles. The average Bonchev–Trinajstić information content (AvgIpc) is 2.55. The third-order valence-corrected chi connectivity index (χ3v) is 3.50. The predicted octanol–water partition coefficient (Wildman–Crippen LogP) is 0.240. The molecule has 8 heteroatoms. The van der Waals surface area contributed by atoms with Crippen LogP contribution < -0.4 is 16.6 Å². The maximum atomic E-state index is 13.6. The predicted molar refractivity (Wildman–Crippen MR) is 81.5 cm³/mol. The summed E-state index contributed by atoms with van der Waals surface area (Å²) in [7, 11) is 2.66. The van der Waals surface area contributed by atoms with Crippen molar-refractivity contribution in [3.8, 4) is 6.07 Å². The molecule has 0 bridgehead atoms. The second-order valence-corrected chi connectivity index (χ2v) is 4.96. The summed E-state index contributed by atoms with van der Waals surface area (Å²) in [6.45, 7) is -0.171. The molecule has 1 aromatic heterocycles. The third-order valence-electron chi connectivity index (χ3n) is 3.50. The van der Waals surface area contributed by atoms with Crippen LogP contribution in [0, 0.1) is 17.1 Å². The molecule has 2 aromatic rings. The van der Waals surface area contributed by atoms with Gasteiger partial charge in [-0.3, -0.25) is 13.9 Å². The molecule has 0 spiro atoms. The highest BCUT2D eigenvalue weighted by Gasteiger charge is 2.17. The van der Waals surface area contributed by atoms with Gasteiger partial charge in [-0.25, -0.2) is 9.18 Å². The Hall–Kier alpha value is -2.92. The minimum Gasteiger partial charge on any atom is -0.386 e. The smallest absolute Gasteiger partial charge is 0.332 e. The Balaban J connectivity index is 2.35. The number of nitrogens with one attached hydrogen (secondary N) is 1. The summed E-state index contributed by atoms with van der Waals surface area (Å²) in [5.74, 6) is -0.587. The van der Waals surface area contributed by atoms with Gasteiger partial charge in [0.25, 0.3) is 5.56 Å². The van der Waals surface area contributed by atoms with E-state index in [0.717, 1.165) is 9.13 Å². The summed E-state index contributed by atoms with van der Waals surface area (Å²) in [5, 5.41) is 21.9. The van der Waals surface area contributed by atoms with Gasteiger partial charge < -0.3 is 10.4 Å². The van der Waals surface area contributed by atoms with Gasteiger partial charge >= 0.3 is 5.69 Å². The van der Waals surface area contributed by atoms with Gasteiger partial charge in [-0.2, -0.15) is 5.26 Å². The fraction of sp³-hybridized carbons (Fsp3) is 0.267. The molecule has 120 valence electrons. The molecule has 2 N–H and O–H groups in total. The van der Waals surface area contributed by atoms with E-state index in [2.05, 4.69) is 5.32 Å². The number of nitriles is 1. The fourth-order valence-electron chi connectivity index (χ4n) is 2.20. The largest absolute Gasteiger partial charge is 0.386 e. The summed E-state index contributed by atoms with van der Waals surface area (Å²) in [6, 6.07) is 7.46. The topological polar surface area (TPSA) is 100 Å². The number of aliphatic hydroxyl groups excluding tert-OH is 1. The first-order valence-electron chi connectivity index (χ1n) is 6.75. The Labute approximate surface area is 130 Å². The van der Waals surface area contributed by atoms with Crippen LogP contribution in [0.1, 0.15) is 17.2 Å². The number of aliphatic hydroxyl groups is 1. The molecule has 23 heavy (non-hydrogen) atoms. The van der Waals surface area contributed by atoms with Gasteiger partial charge in [0, 0.05) is 26.2 Å². The van der Waals surface area contributed by atoms with Crippen molar-refractivity contribution in [3.05, 3.63) is 62.0 Å². The monoisotopic (exact) mass is 318 g/mol. The average molecular weight is 318 g/mol. The summed E-state index contributed by atoms with van der Waals surface area (Å²) in [4.78, 5) is 23.8. The number of benzene rings is 1. The first kappa shape index (κ1) is 16.5. The molecule has 0 saturated heterocycles. The number of hydrogen-bond donors (Lipinski definition) is 2. The van der Waals surface area contributed by atoms with Gasteiger partial charge in [-0.1, -0.05) is 18.2 Å². The van der Waals surface area contributed by atoms with E-state index in [0.29, 0.717) is 0 Å². The zero-order chi connectivity index (χ0) is 17.1. The lowest BCUT2D eigenvalue weighted by Gasteiger charge is -2.17. The number of nitrogens with zero attached hydrogens (tertiary/aromatic N) is 3. The lowest BCUT2D eigenvalue weighted by atomic mass is 10.1. The van der Waals surface area contributed by atoms with E-state index in [-0.39, 0.29) is 23.5 Å². The van der Waals surface area contributed by atoms with Crippen molar-refractivity contribution in [1.82, 2.24) is 9.13 Å². The van der Waals surface area contributed by atoms with Gasteiger partial charge in [0.2, 0.25) is 0 Å². The van der Waals surface area contributed by atoms with Crippen molar-refractivity contribution < 1.29 is 9.50 Å². The number of anilines is 1. The number of halogens is 1. The molecule has 0 amide bonds. The van der Waals surface area contributed by atoms with Crippen LogP contribution >= 0.6 is 0 Å². The van der Waals surface area contributed by atoms with Gasteiger partial charge in [-0.15, -0.1) is 0 Å². The van der Waals surface area contributed by atoms with Crippen molar-refractivity contribution in [2.75, 3.05) is 11.9 Å². The van der Waals surface area contributed by atoms with Crippen LogP contribution in [0.3, 0.4) is 0 Å². The minimum absolute atomic E-state index is 0.0176. The summed E-state index contributed by atoms with van der Waals surface area (Å²) >= 11 is 0. The molecule has 2 rings (SSSR count). The molecule has 0 unspecified atom stereocenters. The highest BCUT2D eigenvalue weighted by atomic mass is 19.1. The van der Waals surface area contributed by atoms with Crippen LogP contribution in [-0.2, 0) is 14.1 Å². The highest BCUT2D eigenvalue weighted by Crippen LogP contribution is 2.17. The molecule has 0 aliphatic rings. The Morgan fingerprint density at radius 2 is 1.96 bits per heavy atom. The second kappa shape index (κ2) is 6.46. The van der Waals surface area contributed by atoms with Crippen LogP contribution in [0.5, 0.6) is 0 Å². The first-order valence-corrected chi connectivity index (χ1v) is 6.75.